The summed E-state index contributed by atoms with van der Waals surface area (Å²) in [4.78, 5) is 58.8. The highest BCUT2D eigenvalue weighted by Gasteiger charge is 2.34. The van der Waals surface area contributed by atoms with E-state index in [0.29, 0.717) is 58.2 Å². The van der Waals surface area contributed by atoms with Crippen molar-refractivity contribution in [1.29, 1.82) is 5.53 Å². The number of aryl methyl sites for hydroxylation is 2. The fraction of sp³-hybridized carbons (Fsp3) is 0.382. The summed E-state index contributed by atoms with van der Waals surface area (Å²) in [5.74, 6) is -10.9. The molecule has 1 aliphatic heterocycles. The van der Waals surface area contributed by atoms with E-state index in [1.807, 2.05) is 4.57 Å². The molecule has 0 atom stereocenters. The van der Waals surface area contributed by atoms with Crippen LogP contribution in [0.2, 0.25) is 0 Å². The molecule has 1 saturated heterocycles. The number of imidazole rings is 1. The second-order valence-electron chi connectivity index (χ2n) is 12.2. The Morgan fingerprint density at radius 1 is 1.12 bits per heavy atom. The largest absolute Gasteiger partial charge is 0.465 e. The van der Waals surface area contributed by atoms with Crippen molar-refractivity contribution in [2.75, 3.05) is 32.9 Å². The molecule has 18 heteroatoms. The molecule has 3 heterocycles. The second-order valence-corrected chi connectivity index (χ2v) is 12.2. The van der Waals surface area contributed by atoms with Gasteiger partial charge in [-0.2, -0.15) is 0 Å². The van der Waals surface area contributed by atoms with Gasteiger partial charge in [-0.3, -0.25) is 19.2 Å². The summed E-state index contributed by atoms with van der Waals surface area (Å²) in [5.41, 5.74) is 6.00. The quantitative estimate of drug-likeness (QED) is 0.0723. The number of aromatic nitrogens is 3. The van der Waals surface area contributed by atoms with Gasteiger partial charge >= 0.3 is 5.97 Å². The molecule has 2 amide bonds. The van der Waals surface area contributed by atoms with Gasteiger partial charge in [0, 0.05) is 50.7 Å². The Morgan fingerprint density at radius 2 is 1.81 bits per heavy atom. The van der Waals surface area contributed by atoms with Crippen molar-refractivity contribution in [3.8, 4) is 11.4 Å². The molecular formula is C34H35F4N8O6+. The van der Waals surface area contributed by atoms with Crippen LogP contribution in [-0.2, 0) is 39.2 Å². The predicted octanol–water partition coefficient (Wildman–Crippen LogP) is 4.20. The number of nitrogens with one attached hydrogen (secondary N) is 2. The fourth-order valence-corrected chi connectivity index (χ4v) is 5.99. The predicted molar refractivity (Wildman–Crippen MR) is 176 cm³/mol. The number of amides is 2. The molecule has 14 nitrogen and oxygen atoms in total. The first-order valence-corrected chi connectivity index (χ1v) is 16.2. The number of nitrogens with zero attached hydrogens (tertiary/aromatic N) is 6. The molecule has 5 rings (SSSR count). The van der Waals surface area contributed by atoms with Crippen LogP contribution in [0.15, 0.2) is 40.4 Å². The summed E-state index contributed by atoms with van der Waals surface area (Å²) in [6.45, 7) is 2.97. The molecule has 0 radical (unpaired) electrons. The lowest BCUT2D eigenvalue weighted by molar-refractivity contribution is -0.143. The lowest BCUT2D eigenvalue weighted by Gasteiger charge is -2.24. The van der Waals surface area contributed by atoms with Crippen LogP contribution in [0.5, 0.6) is 0 Å². The average Bonchev–Trinajstić information content (AvgIpc) is 3.48. The van der Waals surface area contributed by atoms with Crippen molar-refractivity contribution in [1.82, 2.24) is 29.2 Å². The van der Waals surface area contributed by atoms with Crippen LogP contribution in [0.25, 0.3) is 22.4 Å². The molecule has 0 bridgehead atoms. The molecule has 2 N–H and O–H groups in total. The minimum absolute atomic E-state index is 0.0298. The molecule has 0 aliphatic carbocycles. The summed E-state index contributed by atoms with van der Waals surface area (Å²) in [5, 5.41) is 5.00. The normalized spacial score (nSPS) is 13.1. The monoisotopic (exact) mass is 727 g/mol. The maximum Gasteiger partial charge on any atom is 0.325 e. The smallest absolute Gasteiger partial charge is 0.325 e. The van der Waals surface area contributed by atoms with Crippen LogP contribution in [0.1, 0.15) is 41.3 Å². The summed E-state index contributed by atoms with van der Waals surface area (Å²) in [7, 11) is 1.63. The Labute approximate surface area is 293 Å². The van der Waals surface area contributed by atoms with E-state index in [9.17, 15) is 28.0 Å². The molecule has 274 valence electrons. The molecule has 0 unspecified atom stereocenters. The number of hydrogen-bond donors (Lipinski definition) is 2. The molecule has 1 fully saturated rings. The van der Waals surface area contributed by atoms with Gasteiger partial charge in [0.1, 0.15) is 30.0 Å². The van der Waals surface area contributed by atoms with Gasteiger partial charge in [-0.15, -0.1) is 0 Å². The number of halogens is 4. The number of hydrogen-bond acceptors (Lipinski definition) is 9. The van der Waals surface area contributed by atoms with Gasteiger partial charge in [0.25, 0.3) is 11.5 Å². The summed E-state index contributed by atoms with van der Waals surface area (Å²) < 4.78 is 73.6. The summed E-state index contributed by atoms with van der Waals surface area (Å²) in [6, 6.07) is 6.61. The van der Waals surface area contributed by atoms with Gasteiger partial charge in [-0.1, -0.05) is 6.07 Å². The van der Waals surface area contributed by atoms with E-state index in [-0.39, 0.29) is 18.1 Å². The number of carbonyl (C=O) groups excluding carboxylic acids is 3. The van der Waals surface area contributed by atoms with Crippen molar-refractivity contribution in [3.05, 3.63) is 80.8 Å². The molecule has 4 aromatic rings. The van der Waals surface area contributed by atoms with E-state index in [1.54, 1.807) is 51.4 Å². The minimum atomic E-state index is -2.11. The third-order valence-electron chi connectivity index (χ3n) is 8.55. The minimum Gasteiger partial charge on any atom is -0.465 e. The number of benzene rings is 2. The number of rotatable bonds is 12. The van der Waals surface area contributed by atoms with E-state index in [2.05, 4.69) is 15.3 Å². The third-order valence-corrected chi connectivity index (χ3v) is 8.55. The van der Waals surface area contributed by atoms with Crippen molar-refractivity contribution < 1.29 is 41.4 Å². The zero-order chi connectivity index (χ0) is 37.7. The standard InChI is InChI=1S/C34H34F4N8O6/c1-4-52-25(48)13-40-24(47)17-45(34(50)26-27(35)29(37)31(42-43-39)30(38)28(26)36)14-20-5-6-22-23(12-20)46(15-19-7-9-51-10-8-19)32(41-22)21-11-18(2)33(49)44(3)16-21/h5-6,11-12,16,19,39H,4,7-10,13-15,17H2,1-3H3/p+1. The van der Waals surface area contributed by atoms with E-state index < -0.39 is 71.9 Å². The van der Waals surface area contributed by atoms with Gasteiger partial charge in [0.05, 0.1) is 17.6 Å². The number of fused-ring (bicyclic) bond motifs is 1. The molecule has 0 saturated carbocycles. The maximum absolute atomic E-state index is 15.2. The lowest BCUT2D eigenvalue weighted by Crippen LogP contribution is -2.42. The van der Waals surface area contributed by atoms with Gasteiger partial charge in [-0.25, -0.2) is 22.5 Å². The summed E-state index contributed by atoms with van der Waals surface area (Å²) >= 11 is 0. The van der Waals surface area contributed by atoms with Crippen molar-refractivity contribution >= 4 is 34.5 Å². The highest BCUT2D eigenvalue weighted by Crippen LogP contribution is 2.32. The Morgan fingerprint density at radius 3 is 2.44 bits per heavy atom. The topological polar surface area (TPSA) is 175 Å². The SMILES string of the molecule is CCOC(=O)CNC(=O)CN(Cc1ccc2nc(-c3cc(C)c(=O)n(C)c3)n(CC3CCOCC3)c2c1)C(=O)c1c(F)c(F)c(N=[N+]=N)c(F)c1F. The van der Waals surface area contributed by atoms with E-state index in [1.165, 1.54) is 4.57 Å². The first-order valence-electron chi connectivity index (χ1n) is 16.2. The Balaban J connectivity index is 1.58. The van der Waals surface area contributed by atoms with Crippen LogP contribution in [-0.4, -0.2) is 69.7 Å². The highest BCUT2D eigenvalue weighted by atomic mass is 19.2. The number of pyridine rings is 1. The number of esters is 1. The van der Waals surface area contributed by atoms with Crippen molar-refractivity contribution in [2.24, 2.45) is 18.1 Å². The maximum atomic E-state index is 15.2. The lowest BCUT2D eigenvalue weighted by atomic mass is 10.00. The first-order chi connectivity index (χ1) is 24.8. The van der Waals surface area contributed by atoms with E-state index in [0.717, 1.165) is 12.8 Å². The van der Waals surface area contributed by atoms with Crippen LogP contribution in [0.4, 0.5) is 23.2 Å². The van der Waals surface area contributed by atoms with Crippen LogP contribution < -0.4 is 15.8 Å². The highest BCUT2D eigenvalue weighted by molar-refractivity contribution is 5.97. The zero-order valence-electron chi connectivity index (χ0n) is 28.5. The second kappa shape index (κ2) is 16.1. The van der Waals surface area contributed by atoms with Gasteiger partial charge in [0.15, 0.2) is 28.4 Å². The molecule has 2 aromatic heterocycles. The van der Waals surface area contributed by atoms with Gasteiger partial charge in [-0.05, 0) is 56.4 Å². The molecule has 0 spiro atoms. The van der Waals surface area contributed by atoms with Crippen molar-refractivity contribution in [2.45, 2.75) is 39.8 Å². The van der Waals surface area contributed by atoms with Gasteiger partial charge < -0.3 is 28.8 Å². The number of carbonyl (C=O) groups is 3. The Bertz CT molecular complexity index is 2100. The van der Waals surface area contributed by atoms with Crippen molar-refractivity contribution in [3.63, 3.8) is 0 Å². The Kier molecular flexibility index (Phi) is 11.6. The molecule has 52 heavy (non-hydrogen) atoms. The van der Waals surface area contributed by atoms with E-state index in [4.69, 9.17) is 20.0 Å². The first kappa shape index (κ1) is 37.5. The molecular weight excluding hydrogens is 692 g/mol. The third kappa shape index (κ3) is 7.92. The number of ether oxygens (including phenoxy) is 2. The van der Waals surface area contributed by atoms with E-state index >= 15 is 8.78 Å². The molecule has 2 aromatic carbocycles. The summed E-state index contributed by atoms with van der Waals surface area (Å²) in [6.07, 6.45) is 3.23. The Hall–Kier alpha value is -5.74. The molecule has 1 aliphatic rings. The fourth-order valence-electron chi connectivity index (χ4n) is 5.99. The average molecular weight is 728 g/mol. The zero-order valence-corrected chi connectivity index (χ0v) is 28.5. The van der Waals surface area contributed by atoms with Gasteiger partial charge in [0.2, 0.25) is 16.5 Å². The van der Waals surface area contributed by atoms with Crippen LogP contribution >= 0.6 is 0 Å². The van der Waals surface area contributed by atoms with Crippen LogP contribution in [0, 0.1) is 41.6 Å². The van der Waals surface area contributed by atoms with Crippen LogP contribution in [0.3, 0.4) is 0 Å².